The maximum Gasteiger partial charge on any atom is 0.253 e. The van der Waals surface area contributed by atoms with Gasteiger partial charge in [0.15, 0.2) is 0 Å². The normalized spacial score (nSPS) is 17.6. The molecule has 7 amide bonds. The second-order valence-corrected chi connectivity index (χ2v) is 21.3. The van der Waals surface area contributed by atoms with Gasteiger partial charge in [-0.05, 0) is 106 Å². The molecule has 76 heavy (non-hydrogen) atoms. The van der Waals surface area contributed by atoms with Gasteiger partial charge in [-0.25, -0.2) is 0 Å². The van der Waals surface area contributed by atoms with Crippen LogP contribution in [0.1, 0.15) is 118 Å². The molecule has 2 aliphatic heterocycles. The number of methoxy groups -OCH3 is 2. The maximum absolute atomic E-state index is 14.4. The van der Waals surface area contributed by atoms with E-state index in [1.54, 1.807) is 33.1 Å². The van der Waals surface area contributed by atoms with Gasteiger partial charge in [-0.2, -0.15) is 0 Å². The van der Waals surface area contributed by atoms with E-state index in [0.717, 1.165) is 30.4 Å². The van der Waals surface area contributed by atoms with Gasteiger partial charge in [-0.15, -0.1) is 0 Å². The van der Waals surface area contributed by atoms with Gasteiger partial charge in [-0.1, -0.05) is 91.6 Å². The smallest absolute Gasteiger partial charge is 0.253 e. The number of ether oxygens (including phenoxy) is 3. The molecule has 0 aromatic heterocycles. The van der Waals surface area contributed by atoms with Gasteiger partial charge in [0.1, 0.15) is 18.4 Å². The van der Waals surface area contributed by atoms with Crippen molar-refractivity contribution in [3.05, 3.63) is 77.9 Å². The first-order valence-electron chi connectivity index (χ1n) is 27.0. The van der Waals surface area contributed by atoms with E-state index in [4.69, 9.17) is 25.4 Å². The predicted molar refractivity (Wildman–Crippen MR) is 295 cm³/mol. The Hall–Kier alpha value is -5.98. The third kappa shape index (κ3) is 19.2. The van der Waals surface area contributed by atoms with Gasteiger partial charge in [0.2, 0.25) is 29.5 Å². The van der Waals surface area contributed by atoms with Gasteiger partial charge in [-0.3, -0.25) is 43.4 Å². The summed E-state index contributed by atoms with van der Waals surface area (Å²) in [4.78, 5) is 95.5. The fourth-order valence-corrected chi connectivity index (χ4v) is 10.2. The SMILES string of the molecule is CCC(C)C(C(CC(=O)N1CCCC1C(OC)C(C)C(=O)NC(COc1ccc(C(C)=N)cc1)Cc1ccccc1)OC)N(C)C(=O)[C@@H](NC(=O)C(C(C)C)N(C)C)C(C)C.NC(=O)CCCCCN1C(=O)C=CC1=O. The first kappa shape index (κ1) is 64.3. The van der Waals surface area contributed by atoms with Crippen LogP contribution in [0.25, 0.3) is 0 Å². The molecule has 5 N–H and O–H groups in total. The molecular weight excluding hydrogens is 969 g/mol. The third-order valence-corrected chi connectivity index (χ3v) is 14.6. The van der Waals surface area contributed by atoms with Crippen LogP contribution in [0.4, 0.5) is 0 Å². The second-order valence-electron chi connectivity index (χ2n) is 21.3. The van der Waals surface area contributed by atoms with Crippen molar-refractivity contribution in [3.63, 3.8) is 0 Å². The summed E-state index contributed by atoms with van der Waals surface area (Å²) in [5, 5.41) is 14.2. The molecule has 1 saturated heterocycles. The van der Waals surface area contributed by atoms with Crippen molar-refractivity contribution in [3.8, 4) is 5.75 Å². The van der Waals surface area contributed by atoms with Crippen LogP contribution in [0.15, 0.2) is 66.7 Å². The Kier molecular flexibility index (Phi) is 27.0. The molecule has 0 bridgehead atoms. The average Bonchev–Trinajstić information content (AvgIpc) is 3.99. The topological polar surface area (TPSA) is 234 Å². The standard InChI is InChI=1S/C48H76N6O7.C10H14N2O3/c1-14-32(6)44(53(11)48(58)42(30(2)3)51-47(57)43(31(4)5)52(9)10)40(59-12)28-41(55)54-26-18-21-39(54)45(60-13)33(7)46(56)50-37(27-35-19-16-15-17-20-35)29-61-38-24-22-36(23-25-38)34(8)49;11-8(13)4-2-1-3-7-12-9(14)5-6-10(12)15/h15-17,19-20,22-25,30-33,37,39-40,42-45,49H,14,18,21,26-29H2,1-13H3,(H,50,56)(H,51,57);5-6H,1-4,7H2,(H2,11,13)/t32?,33?,37?,39?,40?,42-,43?,44?,45?;/m0./s1. The highest BCUT2D eigenvalue weighted by Crippen LogP contribution is 2.30. The van der Waals surface area contributed by atoms with E-state index >= 15 is 0 Å². The fraction of sp³-hybridized carbons (Fsp3) is 0.621. The number of hydrogen-bond acceptors (Lipinski definition) is 12. The van der Waals surface area contributed by atoms with Crippen molar-refractivity contribution in [2.24, 2.45) is 29.4 Å². The first-order valence-corrected chi connectivity index (χ1v) is 27.0. The summed E-state index contributed by atoms with van der Waals surface area (Å²) in [6.45, 7) is 16.7. The van der Waals surface area contributed by atoms with Crippen molar-refractivity contribution < 1.29 is 47.8 Å². The minimum atomic E-state index is -0.765. The van der Waals surface area contributed by atoms with Gasteiger partial charge in [0.25, 0.3) is 11.8 Å². The molecule has 0 saturated carbocycles. The van der Waals surface area contributed by atoms with Crippen molar-refractivity contribution >= 4 is 47.1 Å². The van der Waals surface area contributed by atoms with E-state index in [1.807, 2.05) is 113 Å². The number of likely N-dealkylation sites (tertiary alicyclic amines) is 1. The highest BCUT2D eigenvalue weighted by Gasteiger charge is 2.43. The van der Waals surface area contributed by atoms with Crippen LogP contribution in [0.5, 0.6) is 5.75 Å². The van der Waals surface area contributed by atoms with Crippen LogP contribution >= 0.6 is 0 Å². The lowest BCUT2D eigenvalue weighted by Gasteiger charge is -2.41. The number of carbonyl (C=O) groups excluding carboxylic acids is 7. The molecule has 2 heterocycles. The molecule has 0 aliphatic carbocycles. The van der Waals surface area contributed by atoms with Gasteiger partial charge in [0, 0.05) is 58.6 Å². The molecule has 9 atom stereocenters. The summed E-state index contributed by atoms with van der Waals surface area (Å²) in [6, 6.07) is 15.0. The average molecular weight is 1060 g/mol. The van der Waals surface area contributed by atoms with Crippen molar-refractivity contribution in [2.45, 2.75) is 156 Å². The largest absolute Gasteiger partial charge is 0.491 e. The molecule has 0 spiro atoms. The monoisotopic (exact) mass is 1060 g/mol. The van der Waals surface area contributed by atoms with Crippen LogP contribution in [-0.2, 0) is 49.5 Å². The number of benzene rings is 2. The van der Waals surface area contributed by atoms with E-state index in [-0.39, 0.29) is 84.2 Å². The van der Waals surface area contributed by atoms with Crippen molar-refractivity contribution in [1.29, 1.82) is 5.41 Å². The van der Waals surface area contributed by atoms with E-state index in [0.29, 0.717) is 56.7 Å². The zero-order valence-corrected chi connectivity index (χ0v) is 47.6. The quantitative estimate of drug-likeness (QED) is 0.0416. The molecule has 2 aromatic carbocycles. The van der Waals surface area contributed by atoms with E-state index in [1.165, 1.54) is 17.1 Å². The zero-order valence-electron chi connectivity index (χ0n) is 47.6. The molecule has 0 radical (unpaired) electrons. The third-order valence-electron chi connectivity index (χ3n) is 14.6. The van der Waals surface area contributed by atoms with Crippen LogP contribution < -0.4 is 21.1 Å². The Balaban J connectivity index is 0.000000867. The lowest BCUT2D eigenvalue weighted by atomic mass is 9.89. The Morgan fingerprint density at radius 2 is 1.46 bits per heavy atom. The summed E-state index contributed by atoms with van der Waals surface area (Å²) >= 11 is 0. The number of amides is 7. The number of unbranched alkanes of at least 4 members (excludes halogenated alkanes) is 2. The second kappa shape index (κ2) is 31.9. The first-order chi connectivity index (χ1) is 36.0. The molecular formula is C58H90N8O10. The number of carbonyl (C=O) groups is 7. The maximum atomic E-state index is 14.4. The van der Waals surface area contributed by atoms with Gasteiger partial charge < -0.3 is 45.8 Å². The number of nitrogens with zero attached hydrogens (tertiary/aromatic N) is 4. The fourth-order valence-electron chi connectivity index (χ4n) is 10.2. The Labute approximate surface area is 452 Å². The minimum Gasteiger partial charge on any atom is -0.491 e. The number of primary amides is 1. The van der Waals surface area contributed by atoms with Crippen LogP contribution in [0.3, 0.4) is 0 Å². The predicted octanol–water partition coefficient (Wildman–Crippen LogP) is 5.79. The number of nitrogens with two attached hydrogens (primary N) is 1. The van der Waals surface area contributed by atoms with Gasteiger partial charge in [0.05, 0.1) is 48.7 Å². The minimum absolute atomic E-state index is 0.0247. The molecule has 18 nitrogen and oxygen atoms in total. The van der Waals surface area contributed by atoms with E-state index in [2.05, 4.69) is 24.5 Å². The number of rotatable bonds is 30. The molecule has 2 aromatic rings. The summed E-state index contributed by atoms with van der Waals surface area (Å²) in [5.74, 6) is -1.69. The number of hydrogen-bond donors (Lipinski definition) is 4. The summed E-state index contributed by atoms with van der Waals surface area (Å²) in [7, 11) is 8.63. The Morgan fingerprint density at radius 1 is 0.829 bits per heavy atom. The lowest BCUT2D eigenvalue weighted by molar-refractivity contribution is -0.148. The molecule has 4 rings (SSSR count). The molecule has 18 heteroatoms. The summed E-state index contributed by atoms with van der Waals surface area (Å²) in [5.41, 5.74) is 7.31. The van der Waals surface area contributed by atoms with Gasteiger partial charge >= 0.3 is 0 Å². The van der Waals surface area contributed by atoms with E-state index in [9.17, 15) is 33.6 Å². The Bertz CT molecular complexity index is 2210. The Morgan fingerprint density at radius 3 is 1.99 bits per heavy atom. The van der Waals surface area contributed by atoms with Crippen LogP contribution in [-0.4, -0.2) is 164 Å². The highest BCUT2D eigenvalue weighted by molar-refractivity contribution is 6.12. The number of imide groups is 1. The molecule has 2 aliphatic rings. The van der Waals surface area contributed by atoms with Crippen molar-refractivity contribution in [2.75, 3.05) is 55.1 Å². The summed E-state index contributed by atoms with van der Waals surface area (Å²) in [6.07, 6.45) is 6.66. The van der Waals surface area contributed by atoms with Crippen LogP contribution in [0, 0.1) is 29.1 Å². The number of likely N-dealkylation sites (N-methyl/N-ethyl adjacent to an activating group) is 2. The lowest BCUT2D eigenvalue weighted by Crippen LogP contribution is -2.59. The van der Waals surface area contributed by atoms with E-state index < -0.39 is 36.3 Å². The zero-order chi connectivity index (χ0) is 56.8. The molecule has 1 fully saturated rings. The molecule has 422 valence electrons. The number of nitrogens with one attached hydrogen (secondary N) is 3. The van der Waals surface area contributed by atoms with Crippen LogP contribution in [0.2, 0.25) is 0 Å². The van der Waals surface area contributed by atoms with Crippen molar-refractivity contribution in [1.82, 2.24) is 30.2 Å². The molecule has 8 unspecified atom stereocenters. The highest BCUT2D eigenvalue weighted by atomic mass is 16.5. The summed E-state index contributed by atoms with van der Waals surface area (Å²) < 4.78 is 18.3.